The van der Waals surface area contributed by atoms with E-state index in [4.69, 9.17) is 9.72 Å². The highest BCUT2D eigenvalue weighted by atomic mass is 32.1. The molecule has 3 unspecified atom stereocenters. The fourth-order valence-electron chi connectivity index (χ4n) is 2.80. The molecule has 0 aromatic carbocycles. The van der Waals surface area contributed by atoms with Crippen molar-refractivity contribution in [3.8, 4) is 0 Å². The molecule has 3 nitrogen and oxygen atoms in total. The van der Waals surface area contributed by atoms with Gasteiger partial charge in [0.05, 0.1) is 16.8 Å². The van der Waals surface area contributed by atoms with Crippen LogP contribution < -0.4 is 5.32 Å². The molecule has 0 radical (unpaired) electrons. The number of hydrogen-bond donors (Lipinski definition) is 1. The van der Waals surface area contributed by atoms with Crippen LogP contribution in [0.2, 0.25) is 0 Å². The molecular formula is C17H30N2OS. The summed E-state index contributed by atoms with van der Waals surface area (Å²) >= 11 is 1.79. The third-order valence-corrected chi connectivity index (χ3v) is 5.08. The Morgan fingerprint density at radius 2 is 2.24 bits per heavy atom. The molecule has 1 aromatic heterocycles. The van der Waals surface area contributed by atoms with Crippen LogP contribution in [-0.2, 0) is 16.6 Å². The Labute approximate surface area is 133 Å². The number of aromatic nitrogens is 1. The Balaban J connectivity index is 2.05. The molecule has 1 fully saturated rings. The minimum atomic E-state index is 0.137. The third kappa shape index (κ3) is 4.51. The van der Waals surface area contributed by atoms with Crippen molar-refractivity contribution < 1.29 is 4.74 Å². The maximum atomic E-state index is 5.99. The van der Waals surface area contributed by atoms with Crippen LogP contribution >= 0.6 is 11.3 Å². The van der Waals surface area contributed by atoms with Gasteiger partial charge in [-0.25, -0.2) is 4.98 Å². The highest BCUT2D eigenvalue weighted by Gasteiger charge is 2.32. The predicted octanol–water partition coefficient (Wildman–Crippen LogP) is 3.78. The van der Waals surface area contributed by atoms with Gasteiger partial charge in [-0.05, 0) is 25.3 Å². The average Bonchev–Trinajstić information content (AvgIpc) is 3.02. The Hall–Kier alpha value is -0.450. The van der Waals surface area contributed by atoms with Gasteiger partial charge in [0, 0.05) is 29.9 Å². The Morgan fingerprint density at radius 3 is 2.76 bits per heavy atom. The van der Waals surface area contributed by atoms with E-state index >= 15 is 0 Å². The topological polar surface area (TPSA) is 34.2 Å². The molecule has 2 rings (SSSR count). The lowest BCUT2D eigenvalue weighted by atomic mass is 9.93. The summed E-state index contributed by atoms with van der Waals surface area (Å²) in [7, 11) is 0. The van der Waals surface area contributed by atoms with Crippen molar-refractivity contribution in [2.75, 3.05) is 13.2 Å². The smallest absolute Gasteiger partial charge is 0.0945 e. The van der Waals surface area contributed by atoms with E-state index in [1.807, 2.05) is 0 Å². The van der Waals surface area contributed by atoms with E-state index in [9.17, 15) is 0 Å². The normalized spacial score (nSPS) is 24.4. The number of thiazole rings is 1. The summed E-state index contributed by atoms with van der Waals surface area (Å²) in [6.45, 7) is 13.1. The standard InChI is InChI=1S/C17H30N2OS/c1-6-8-18-13(16-12(2)7-9-20-16)10-15-19-14(11-21-15)17(3,4)5/h11-13,16,18H,6-10H2,1-5H3. The van der Waals surface area contributed by atoms with Gasteiger partial charge in [0.2, 0.25) is 0 Å². The number of ether oxygens (including phenoxy) is 1. The summed E-state index contributed by atoms with van der Waals surface area (Å²) in [5.74, 6) is 0.640. The highest BCUT2D eigenvalue weighted by Crippen LogP contribution is 2.28. The number of hydrogen-bond acceptors (Lipinski definition) is 4. The summed E-state index contributed by atoms with van der Waals surface area (Å²) in [4.78, 5) is 4.85. The minimum absolute atomic E-state index is 0.137. The third-order valence-electron chi connectivity index (χ3n) is 4.21. The first-order chi connectivity index (χ1) is 9.91. The lowest BCUT2D eigenvalue weighted by Crippen LogP contribution is -2.44. The molecule has 0 saturated carbocycles. The van der Waals surface area contributed by atoms with Crippen LogP contribution in [0.4, 0.5) is 0 Å². The molecule has 0 amide bonds. The largest absolute Gasteiger partial charge is 0.376 e. The zero-order valence-corrected chi connectivity index (χ0v) is 14.9. The fraction of sp³-hybridized carbons (Fsp3) is 0.824. The van der Waals surface area contributed by atoms with Crippen LogP contribution in [-0.4, -0.2) is 30.3 Å². The summed E-state index contributed by atoms with van der Waals surface area (Å²) in [5.41, 5.74) is 1.34. The van der Waals surface area contributed by atoms with Gasteiger partial charge >= 0.3 is 0 Å². The summed E-state index contributed by atoms with van der Waals surface area (Å²) in [5, 5.41) is 7.13. The highest BCUT2D eigenvalue weighted by molar-refractivity contribution is 7.09. The zero-order valence-electron chi connectivity index (χ0n) is 14.1. The first-order valence-corrected chi connectivity index (χ1v) is 9.09. The molecule has 120 valence electrons. The molecule has 0 spiro atoms. The minimum Gasteiger partial charge on any atom is -0.376 e. The van der Waals surface area contributed by atoms with Crippen molar-refractivity contribution in [3.05, 3.63) is 16.1 Å². The van der Waals surface area contributed by atoms with Crippen LogP contribution in [0.3, 0.4) is 0 Å². The number of nitrogens with one attached hydrogen (secondary N) is 1. The predicted molar refractivity (Wildman–Crippen MR) is 90.1 cm³/mol. The molecule has 2 heterocycles. The van der Waals surface area contributed by atoms with Crippen molar-refractivity contribution in [2.45, 2.75) is 71.4 Å². The number of rotatable bonds is 6. The van der Waals surface area contributed by atoms with E-state index in [1.165, 1.54) is 17.1 Å². The molecule has 0 bridgehead atoms. The van der Waals surface area contributed by atoms with Gasteiger partial charge < -0.3 is 10.1 Å². The summed E-state index contributed by atoms with van der Waals surface area (Å²) < 4.78 is 5.99. The first kappa shape index (κ1) is 16.9. The molecule has 1 aliphatic heterocycles. The second-order valence-electron chi connectivity index (χ2n) is 7.24. The summed E-state index contributed by atoms with van der Waals surface area (Å²) in [6, 6.07) is 0.390. The monoisotopic (exact) mass is 310 g/mol. The van der Waals surface area contributed by atoms with Crippen LogP contribution in [0.5, 0.6) is 0 Å². The fourth-order valence-corrected chi connectivity index (χ4v) is 3.88. The molecule has 1 N–H and O–H groups in total. The Morgan fingerprint density at radius 1 is 1.48 bits per heavy atom. The quantitative estimate of drug-likeness (QED) is 0.868. The van der Waals surface area contributed by atoms with E-state index < -0.39 is 0 Å². The molecule has 0 aliphatic carbocycles. The first-order valence-electron chi connectivity index (χ1n) is 8.21. The maximum Gasteiger partial charge on any atom is 0.0945 e. The van der Waals surface area contributed by atoms with E-state index in [0.29, 0.717) is 18.1 Å². The second-order valence-corrected chi connectivity index (χ2v) is 8.19. The van der Waals surface area contributed by atoms with Crippen molar-refractivity contribution in [1.82, 2.24) is 10.3 Å². The van der Waals surface area contributed by atoms with Gasteiger partial charge in [0.25, 0.3) is 0 Å². The molecule has 1 saturated heterocycles. The lowest BCUT2D eigenvalue weighted by molar-refractivity contribution is 0.0610. The SMILES string of the molecule is CCCNC(Cc1nc(C(C)(C)C)cs1)C1OCCC1C. The Bertz CT molecular complexity index is 438. The number of nitrogens with zero attached hydrogens (tertiary/aromatic N) is 1. The van der Waals surface area contributed by atoms with Gasteiger partial charge in [0.1, 0.15) is 0 Å². The van der Waals surface area contributed by atoms with Gasteiger partial charge in [-0.2, -0.15) is 0 Å². The van der Waals surface area contributed by atoms with Crippen molar-refractivity contribution >= 4 is 11.3 Å². The zero-order chi connectivity index (χ0) is 15.5. The molecule has 4 heteroatoms. The van der Waals surface area contributed by atoms with Crippen LogP contribution in [0, 0.1) is 5.92 Å². The Kier molecular flexibility index (Phi) is 5.81. The van der Waals surface area contributed by atoms with Crippen LogP contribution in [0.15, 0.2) is 5.38 Å². The molecule has 3 atom stereocenters. The molecule has 1 aromatic rings. The van der Waals surface area contributed by atoms with Gasteiger partial charge in [-0.1, -0.05) is 34.6 Å². The van der Waals surface area contributed by atoms with Crippen LogP contribution in [0.1, 0.15) is 58.2 Å². The second kappa shape index (κ2) is 7.21. The van der Waals surface area contributed by atoms with Gasteiger partial charge in [-0.15, -0.1) is 11.3 Å². The summed E-state index contributed by atoms with van der Waals surface area (Å²) in [6.07, 6.45) is 3.65. The van der Waals surface area contributed by atoms with E-state index in [0.717, 1.165) is 26.0 Å². The van der Waals surface area contributed by atoms with Crippen molar-refractivity contribution in [2.24, 2.45) is 5.92 Å². The molecular weight excluding hydrogens is 280 g/mol. The van der Waals surface area contributed by atoms with E-state index in [2.05, 4.69) is 45.3 Å². The molecule has 1 aliphatic rings. The molecule has 21 heavy (non-hydrogen) atoms. The van der Waals surface area contributed by atoms with Crippen LogP contribution in [0.25, 0.3) is 0 Å². The van der Waals surface area contributed by atoms with Gasteiger partial charge in [-0.3, -0.25) is 0 Å². The lowest BCUT2D eigenvalue weighted by Gasteiger charge is -2.26. The van der Waals surface area contributed by atoms with Gasteiger partial charge in [0.15, 0.2) is 0 Å². The maximum absolute atomic E-state index is 5.99. The average molecular weight is 311 g/mol. The van der Waals surface area contributed by atoms with Crippen molar-refractivity contribution in [3.63, 3.8) is 0 Å². The van der Waals surface area contributed by atoms with Crippen molar-refractivity contribution in [1.29, 1.82) is 0 Å². The van der Waals surface area contributed by atoms with E-state index in [-0.39, 0.29) is 5.41 Å². The van der Waals surface area contributed by atoms with E-state index in [1.54, 1.807) is 11.3 Å².